The molecule has 1 aliphatic carbocycles. The Morgan fingerprint density at radius 2 is 2.21 bits per heavy atom. The van der Waals surface area contributed by atoms with Crippen LogP contribution in [0, 0.1) is 0 Å². The molecule has 0 saturated heterocycles. The molecular weight excluding hydrogens is 270 g/mol. The third-order valence-corrected chi connectivity index (χ3v) is 3.56. The molecule has 0 radical (unpaired) electrons. The van der Waals surface area contributed by atoms with Crippen molar-refractivity contribution in [2.45, 2.75) is 25.4 Å². The predicted octanol–water partition coefficient (Wildman–Crippen LogP) is 2.12. The molecule has 0 atom stereocenters. The van der Waals surface area contributed by atoms with Crippen LogP contribution >= 0.6 is 11.6 Å². The fourth-order valence-electron chi connectivity index (χ4n) is 2.27. The molecule has 1 saturated carbocycles. The maximum absolute atomic E-state index is 10.9. The van der Waals surface area contributed by atoms with Crippen LogP contribution in [0.2, 0.25) is 5.02 Å². The summed E-state index contributed by atoms with van der Waals surface area (Å²) < 4.78 is 10.6. The summed E-state index contributed by atoms with van der Waals surface area (Å²) in [5, 5.41) is 9.45. The molecule has 1 aliphatic heterocycles. The van der Waals surface area contributed by atoms with Gasteiger partial charge >= 0.3 is 5.97 Å². The summed E-state index contributed by atoms with van der Waals surface area (Å²) in [6, 6.07) is 4.05. The van der Waals surface area contributed by atoms with Gasteiger partial charge in [0, 0.05) is 12.6 Å². The Kier molecular flexibility index (Phi) is 3.24. The molecule has 3 rings (SSSR count). The Hall–Kier alpha value is -1.46. The number of halogens is 1. The lowest BCUT2D eigenvalue weighted by Gasteiger charge is -2.20. The summed E-state index contributed by atoms with van der Waals surface area (Å²) in [5.74, 6) is 0.397. The van der Waals surface area contributed by atoms with Crippen molar-refractivity contribution in [2.75, 3.05) is 13.3 Å². The highest BCUT2D eigenvalue weighted by Crippen LogP contribution is 2.40. The molecule has 1 aromatic rings. The van der Waals surface area contributed by atoms with Crippen LogP contribution in [0.4, 0.5) is 0 Å². The molecule has 0 spiro atoms. The zero-order chi connectivity index (χ0) is 13.4. The zero-order valence-electron chi connectivity index (χ0n) is 10.3. The lowest BCUT2D eigenvalue weighted by molar-refractivity contribution is -0.138. The Morgan fingerprint density at radius 3 is 2.89 bits per heavy atom. The molecule has 0 unspecified atom stereocenters. The summed E-state index contributed by atoms with van der Waals surface area (Å²) in [4.78, 5) is 12.8. The Bertz CT molecular complexity index is 516. The lowest BCUT2D eigenvalue weighted by Crippen LogP contribution is -2.31. The number of ether oxygens (including phenoxy) is 2. The van der Waals surface area contributed by atoms with Crippen LogP contribution in [0.1, 0.15) is 18.4 Å². The Labute approximate surface area is 115 Å². The SMILES string of the molecule is O=C(O)CN(Cc1cc(Cl)c2c(c1)OCO2)C1CC1. The maximum atomic E-state index is 10.9. The minimum absolute atomic E-state index is 0.0523. The number of aliphatic carboxylic acids is 1. The zero-order valence-corrected chi connectivity index (χ0v) is 11.0. The van der Waals surface area contributed by atoms with E-state index in [9.17, 15) is 4.79 Å². The number of carboxylic acid groups (broad SMARTS) is 1. The molecule has 0 amide bonds. The molecule has 102 valence electrons. The third kappa shape index (κ3) is 2.77. The van der Waals surface area contributed by atoms with Gasteiger partial charge in [0.1, 0.15) is 0 Å². The minimum atomic E-state index is -0.807. The molecule has 5 nitrogen and oxygen atoms in total. The molecule has 0 bridgehead atoms. The molecule has 2 aliphatic rings. The van der Waals surface area contributed by atoms with Crippen LogP contribution < -0.4 is 9.47 Å². The van der Waals surface area contributed by atoms with Crippen LogP contribution in [-0.4, -0.2) is 35.4 Å². The van der Waals surface area contributed by atoms with Crippen molar-refractivity contribution in [3.8, 4) is 11.5 Å². The van der Waals surface area contributed by atoms with Crippen molar-refractivity contribution in [3.63, 3.8) is 0 Å². The van der Waals surface area contributed by atoms with E-state index in [-0.39, 0.29) is 13.3 Å². The van der Waals surface area contributed by atoms with Gasteiger partial charge in [-0.15, -0.1) is 0 Å². The molecule has 1 aromatic carbocycles. The van der Waals surface area contributed by atoms with Gasteiger partial charge in [-0.05, 0) is 30.5 Å². The van der Waals surface area contributed by atoms with Crippen LogP contribution in [0.15, 0.2) is 12.1 Å². The highest BCUT2D eigenvalue weighted by molar-refractivity contribution is 6.32. The standard InChI is InChI=1S/C13H14ClNO4/c14-10-3-8(4-11-13(10)19-7-18-11)5-15(6-12(16)17)9-1-2-9/h3-4,9H,1-2,5-7H2,(H,16,17). The smallest absolute Gasteiger partial charge is 0.317 e. The Morgan fingerprint density at radius 1 is 1.42 bits per heavy atom. The predicted molar refractivity (Wildman–Crippen MR) is 68.6 cm³/mol. The minimum Gasteiger partial charge on any atom is -0.480 e. The van der Waals surface area contributed by atoms with Crippen molar-refractivity contribution in [1.29, 1.82) is 0 Å². The second kappa shape index (κ2) is 4.90. The van der Waals surface area contributed by atoms with Crippen molar-refractivity contribution in [3.05, 3.63) is 22.7 Å². The number of rotatable bonds is 5. The van der Waals surface area contributed by atoms with Gasteiger partial charge in [0.25, 0.3) is 0 Å². The van der Waals surface area contributed by atoms with Gasteiger partial charge < -0.3 is 14.6 Å². The highest BCUT2D eigenvalue weighted by atomic mass is 35.5. The van der Waals surface area contributed by atoms with Crippen LogP contribution in [-0.2, 0) is 11.3 Å². The number of nitrogens with zero attached hydrogens (tertiary/aromatic N) is 1. The van der Waals surface area contributed by atoms with Crippen molar-refractivity contribution in [2.24, 2.45) is 0 Å². The van der Waals surface area contributed by atoms with Gasteiger partial charge in [0.2, 0.25) is 6.79 Å². The van der Waals surface area contributed by atoms with Crippen LogP contribution in [0.3, 0.4) is 0 Å². The molecule has 0 aromatic heterocycles. The summed E-state index contributed by atoms with van der Waals surface area (Å²) in [7, 11) is 0. The van der Waals surface area contributed by atoms with Crippen LogP contribution in [0.5, 0.6) is 11.5 Å². The van der Waals surface area contributed by atoms with Gasteiger partial charge in [-0.25, -0.2) is 0 Å². The van der Waals surface area contributed by atoms with E-state index >= 15 is 0 Å². The monoisotopic (exact) mass is 283 g/mol. The van der Waals surface area contributed by atoms with E-state index in [2.05, 4.69) is 0 Å². The first-order valence-corrected chi connectivity index (χ1v) is 6.55. The second-order valence-corrected chi connectivity index (χ2v) is 5.25. The van der Waals surface area contributed by atoms with Gasteiger partial charge in [0.15, 0.2) is 11.5 Å². The lowest BCUT2D eigenvalue weighted by atomic mass is 10.2. The first kappa shape index (κ1) is 12.6. The van der Waals surface area contributed by atoms with E-state index in [0.717, 1.165) is 18.4 Å². The van der Waals surface area contributed by atoms with Gasteiger partial charge in [0.05, 0.1) is 11.6 Å². The van der Waals surface area contributed by atoms with Crippen molar-refractivity contribution >= 4 is 17.6 Å². The van der Waals surface area contributed by atoms with Crippen LogP contribution in [0.25, 0.3) is 0 Å². The molecule has 1 N–H and O–H groups in total. The number of carbonyl (C=O) groups is 1. The van der Waals surface area contributed by atoms with E-state index in [4.69, 9.17) is 26.2 Å². The summed E-state index contributed by atoms with van der Waals surface area (Å²) in [6.07, 6.45) is 2.12. The fourth-order valence-corrected chi connectivity index (χ4v) is 2.56. The third-order valence-electron chi connectivity index (χ3n) is 3.27. The Balaban J connectivity index is 1.78. The average molecular weight is 284 g/mol. The molecule has 6 heteroatoms. The molecule has 1 fully saturated rings. The van der Waals surface area contributed by atoms with Gasteiger partial charge in [-0.3, -0.25) is 9.69 Å². The van der Waals surface area contributed by atoms with Gasteiger partial charge in [-0.1, -0.05) is 11.6 Å². The normalized spacial score (nSPS) is 16.9. The summed E-state index contributed by atoms with van der Waals surface area (Å²) >= 11 is 6.12. The average Bonchev–Trinajstić information content (AvgIpc) is 3.07. The number of benzene rings is 1. The van der Waals surface area contributed by atoms with Gasteiger partial charge in [-0.2, -0.15) is 0 Å². The first-order chi connectivity index (χ1) is 9.13. The van der Waals surface area contributed by atoms with E-state index in [1.54, 1.807) is 0 Å². The van der Waals surface area contributed by atoms with Crippen molar-refractivity contribution in [1.82, 2.24) is 4.90 Å². The quantitative estimate of drug-likeness (QED) is 0.897. The largest absolute Gasteiger partial charge is 0.480 e. The second-order valence-electron chi connectivity index (χ2n) is 4.84. The maximum Gasteiger partial charge on any atom is 0.317 e. The number of carboxylic acids is 1. The molecular formula is C13H14ClNO4. The van der Waals surface area contributed by atoms with E-state index in [1.807, 2.05) is 17.0 Å². The summed E-state index contributed by atoms with van der Waals surface area (Å²) in [5.41, 5.74) is 0.947. The first-order valence-electron chi connectivity index (χ1n) is 6.17. The number of hydrogen-bond acceptors (Lipinski definition) is 4. The highest BCUT2D eigenvalue weighted by Gasteiger charge is 2.30. The van der Waals surface area contributed by atoms with E-state index < -0.39 is 5.97 Å². The number of fused-ring (bicyclic) bond motifs is 1. The summed E-state index contributed by atoms with van der Waals surface area (Å²) in [6.45, 7) is 0.796. The fraction of sp³-hybridized carbons (Fsp3) is 0.462. The molecule has 19 heavy (non-hydrogen) atoms. The van der Waals surface area contributed by atoms with E-state index in [0.29, 0.717) is 29.1 Å². The topological polar surface area (TPSA) is 59.0 Å². The van der Waals surface area contributed by atoms with E-state index in [1.165, 1.54) is 0 Å². The van der Waals surface area contributed by atoms with Crippen molar-refractivity contribution < 1.29 is 19.4 Å². The molecule has 1 heterocycles. The number of hydrogen-bond donors (Lipinski definition) is 1.